The molecule has 4 aliphatic heterocycles. The molecule has 232 valence electrons. The van der Waals surface area contributed by atoms with E-state index in [1.165, 1.54) is 4.90 Å². The lowest BCUT2D eigenvalue weighted by Gasteiger charge is -2.38. The van der Waals surface area contributed by atoms with Gasteiger partial charge in [-0.25, -0.2) is 0 Å². The van der Waals surface area contributed by atoms with Crippen LogP contribution in [0.3, 0.4) is 0 Å². The second kappa shape index (κ2) is 12.6. The van der Waals surface area contributed by atoms with Gasteiger partial charge in [0.25, 0.3) is 5.91 Å². The molecule has 6 atom stereocenters. The molecule has 9 heteroatoms. The minimum absolute atomic E-state index is 0.268. The van der Waals surface area contributed by atoms with E-state index in [2.05, 4.69) is 18.7 Å². The Morgan fingerprint density at radius 2 is 1.73 bits per heavy atom. The zero-order chi connectivity index (χ0) is 30.8. The van der Waals surface area contributed by atoms with E-state index in [4.69, 9.17) is 9.47 Å². The number of amides is 2. The number of benzene rings is 2. The van der Waals surface area contributed by atoms with Crippen LogP contribution in [0.5, 0.6) is 0 Å². The molecule has 2 aromatic rings. The molecule has 1 unspecified atom stereocenters. The molecule has 1 spiro atoms. The van der Waals surface area contributed by atoms with E-state index >= 15 is 0 Å². The van der Waals surface area contributed by atoms with Crippen LogP contribution in [0.1, 0.15) is 44.7 Å². The van der Waals surface area contributed by atoms with Crippen LogP contribution < -0.4 is 9.80 Å². The highest BCUT2D eigenvalue weighted by Crippen LogP contribution is 2.55. The van der Waals surface area contributed by atoms with Crippen molar-refractivity contribution in [3.63, 3.8) is 0 Å². The maximum Gasteiger partial charge on any atom is 0.312 e. The van der Waals surface area contributed by atoms with E-state index < -0.39 is 54.1 Å². The Morgan fingerprint density at radius 1 is 0.977 bits per heavy atom. The fraction of sp³-hybridized carbons (Fsp3) is 0.457. The average molecular weight is 600 g/mol. The summed E-state index contributed by atoms with van der Waals surface area (Å²) in [5.41, 5.74) is 1.03. The molecule has 6 rings (SSSR count). The third-order valence-electron chi connectivity index (χ3n) is 9.52. The number of hydrogen-bond donors (Lipinski definition) is 1. The minimum Gasteiger partial charge on any atom is -0.465 e. The lowest BCUT2D eigenvalue weighted by Crippen LogP contribution is -2.56. The van der Waals surface area contributed by atoms with E-state index in [0.717, 1.165) is 38.0 Å². The number of cyclic esters (lactones) is 1. The van der Waals surface area contributed by atoms with Gasteiger partial charge in [0.1, 0.15) is 17.6 Å². The van der Waals surface area contributed by atoms with Crippen LogP contribution in [0, 0.1) is 11.8 Å². The number of anilines is 2. The number of nitrogens with zero attached hydrogens (tertiary/aromatic N) is 3. The van der Waals surface area contributed by atoms with Crippen molar-refractivity contribution in [3.05, 3.63) is 84.5 Å². The smallest absolute Gasteiger partial charge is 0.312 e. The van der Waals surface area contributed by atoms with Gasteiger partial charge in [-0.15, -0.1) is 0 Å². The Balaban J connectivity index is 1.46. The number of carbonyl (C=O) groups is 3. The van der Waals surface area contributed by atoms with Gasteiger partial charge < -0.3 is 29.3 Å². The lowest BCUT2D eigenvalue weighted by atomic mass is 9.78. The van der Waals surface area contributed by atoms with Gasteiger partial charge in [0.05, 0.1) is 31.3 Å². The average Bonchev–Trinajstić information content (AvgIpc) is 3.43. The molecular formula is C35H41N3O6. The monoisotopic (exact) mass is 599 g/mol. The second-order valence-corrected chi connectivity index (χ2v) is 11.8. The summed E-state index contributed by atoms with van der Waals surface area (Å²) in [5, 5.41) is 10.7. The summed E-state index contributed by atoms with van der Waals surface area (Å²) in [7, 11) is 0. The fourth-order valence-corrected chi connectivity index (χ4v) is 7.39. The quantitative estimate of drug-likeness (QED) is 0.379. The van der Waals surface area contributed by atoms with E-state index in [0.29, 0.717) is 11.3 Å². The number of ether oxygens (including phenoxy) is 2. The minimum atomic E-state index is -1.42. The Morgan fingerprint density at radius 3 is 2.43 bits per heavy atom. The van der Waals surface area contributed by atoms with Crippen molar-refractivity contribution in [2.24, 2.45) is 11.8 Å². The zero-order valence-electron chi connectivity index (χ0n) is 25.4. The lowest BCUT2D eigenvalue weighted by molar-refractivity contribution is -0.155. The Hall–Kier alpha value is -3.95. The third-order valence-corrected chi connectivity index (χ3v) is 9.52. The molecule has 9 nitrogen and oxygen atoms in total. The van der Waals surface area contributed by atoms with Crippen LogP contribution in [-0.4, -0.2) is 78.4 Å². The molecule has 0 aliphatic carbocycles. The van der Waals surface area contributed by atoms with Gasteiger partial charge in [0.15, 0.2) is 0 Å². The maximum atomic E-state index is 14.8. The summed E-state index contributed by atoms with van der Waals surface area (Å²) in [4.78, 5) is 48.4. The van der Waals surface area contributed by atoms with Crippen LogP contribution in [0.2, 0.25) is 0 Å². The van der Waals surface area contributed by atoms with E-state index in [9.17, 15) is 19.5 Å². The molecule has 0 aromatic heterocycles. The van der Waals surface area contributed by atoms with Gasteiger partial charge in [0, 0.05) is 31.0 Å². The standard InChI is InChI=1S/C35H41N3O6/c1-3-36(4-2)25-16-18-26(19-17-25)37-21-12-20-35-30(29-28(44-35)15-10-5-6-11-22-43-34(29)42)32(40)38(31(35)33(37)41)27(23-39)24-13-8-7-9-14-24/h7-10,12-20,27-31,39H,3-6,11,21-23H2,1-2H3/b15-10-/t27-,28+,29-,30+,31?,35+/m1/s1. The first kappa shape index (κ1) is 30.1. The summed E-state index contributed by atoms with van der Waals surface area (Å²) in [6.07, 6.45) is 9.22. The van der Waals surface area contributed by atoms with Crippen molar-refractivity contribution in [1.82, 2.24) is 4.90 Å². The van der Waals surface area contributed by atoms with Gasteiger partial charge in [-0.2, -0.15) is 0 Å². The molecule has 1 N–H and O–H groups in total. The van der Waals surface area contributed by atoms with Crippen LogP contribution in [0.4, 0.5) is 11.4 Å². The van der Waals surface area contributed by atoms with Gasteiger partial charge in [-0.05, 0) is 62.9 Å². The molecule has 4 heterocycles. The molecule has 44 heavy (non-hydrogen) atoms. The molecule has 0 saturated carbocycles. The van der Waals surface area contributed by atoms with Crippen molar-refractivity contribution in [2.75, 3.05) is 42.6 Å². The van der Waals surface area contributed by atoms with Crippen LogP contribution >= 0.6 is 0 Å². The highest BCUT2D eigenvalue weighted by molar-refractivity contribution is 6.05. The predicted octanol–water partition coefficient (Wildman–Crippen LogP) is 4.03. The number of esters is 1. The highest BCUT2D eigenvalue weighted by atomic mass is 16.6. The van der Waals surface area contributed by atoms with Crippen LogP contribution in [0.25, 0.3) is 0 Å². The molecule has 2 amide bonds. The number of hydrogen-bond acceptors (Lipinski definition) is 7. The zero-order valence-corrected chi connectivity index (χ0v) is 25.4. The van der Waals surface area contributed by atoms with Crippen LogP contribution in [0.15, 0.2) is 78.9 Å². The summed E-state index contributed by atoms with van der Waals surface area (Å²) in [6.45, 7) is 6.07. The van der Waals surface area contributed by atoms with Gasteiger partial charge in [-0.3, -0.25) is 14.4 Å². The van der Waals surface area contributed by atoms with Gasteiger partial charge in [0.2, 0.25) is 5.91 Å². The van der Waals surface area contributed by atoms with E-state index in [-0.39, 0.29) is 19.1 Å². The van der Waals surface area contributed by atoms with Crippen molar-refractivity contribution < 1.29 is 29.0 Å². The number of rotatable bonds is 7. The first-order valence-electron chi connectivity index (χ1n) is 15.8. The molecule has 2 fully saturated rings. The number of aliphatic hydroxyl groups is 1. The fourth-order valence-electron chi connectivity index (χ4n) is 7.39. The molecule has 0 radical (unpaired) electrons. The number of fused-ring (bicyclic) bond motifs is 2. The summed E-state index contributed by atoms with van der Waals surface area (Å²) in [5.74, 6) is -3.12. The van der Waals surface area contributed by atoms with Gasteiger partial charge in [-0.1, -0.05) is 54.6 Å². The van der Waals surface area contributed by atoms with Crippen molar-refractivity contribution in [3.8, 4) is 0 Å². The summed E-state index contributed by atoms with van der Waals surface area (Å²) < 4.78 is 12.4. The number of likely N-dealkylation sites (tertiary alicyclic amines) is 1. The van der Waals surface area contributed by atoms with Crippen molar-refractivity contribution in [1.29, 1.82) is 0 Å². The van der Waals surface area contributed by atoms with Crippen LogP contribution in [-0.2, 0) is 23.9 Å². The molecule has 4 aliphatic rings. The first-order chi connectivity index (χ1) is 21.4. The maximum absolute atomic E-state index is 14.8. The molecular weight excluding hydrogens is 558 g/mol. The largest absolute Gasteiger partial charge is 0.465 e. The Kier molecular flexibility index (Phi) is 8.60. The van der Waals surface area contributed by atoms with Gasteiger partial charge >= 0.3 is 5.97 Å². The van der Waals surface area contributed by atoms with E-state index in [1.807, 2.05) is 78.9 Å². The second-order valence-electron chi connectivity index (χ2n) is 11.8. The molecule has 2 saturated heterocycles. The Bertz CT molecular complexity index is 1420. The molecule has 0 bridgehead atoms. The summed E-state index contributed by atoms with van der Waals surface area (Å²) in [6, 6.07) is 15.1. The number of aliphatic hydroxyl groups excluding tert-OH is 1. The van der Waals surface area contributed by atoms with Crippen molar-refractivity contribution in [2.45, 2.75) is 56.9 Å². The first-order valence-corrected chi connectivity index (χ1v) is 15.8. The van der Waals surface area contributed by atoms with Crippen molar-refractivity contribution >= 4 is 29.2 Å². The molecule has 2 aromatic carbocycles. The SMILES string of the molecule is CCN(CC)c1ccc(N2CC=C[C@]34O[C@H]5/C=C\CCCCOC(=O)[C@H]5[C@H]3C(=O)N([C@H](CO)c3ccccc3)C4C2=O)cc1. The van der Waals surface area contributed by atoms with E-state index in [1.54, 1.807) is 4.90 Å². The highest BCUT2D eigenvalue weighted by Gasteiger charge is 2.72. The Labute approximate surface area is 258 Å². The normalized spacial score (nSPS) is 29.8. The topological polar surface area (TPSA) is 99.6 Å². The number of carbonyl (C=O) groups excluding carboxylic acids is 3. The predicted molar refractivity (Wildman–Crippen MR) is 167 cm³/mol. The summed E-state index contributed by atoms with van der Waals surface area (Å²) >= 11 is 0. The number of allylic oxidation sites excluding steroid dienone is 1. The third kappa shape index (κ3) is 5.02.